The van der Waals surface area contributed by atoms with Gasteiger partial charge in [-0.05, 0) is 48.9 Å². The SMILES string of the molecule is Cc1cc(Cl)c(C(C)C)cc1OCC1(CBr)CC1. The summed E-state index contributed by atoms with van der Waals surface area (Å²) in [6, 6.07) is 4.12. The fraction of sp³-hybridized carbons (Fsp3) is 0.600. The Morgan fingerprint density at radius 1 is 1.39 bits per heavy atom. The number of ether oxygens (including phenoxy) is 1. The molecule has 0 radical (unpaired) electrons. The van der Waals surface area contributed by atoms with Crippen LogP contribution >= 0.6 is 27.5 Å². The molecule has 3 heteroatoms. The lowest BCUT2D eigenvalue weighted by Gasteiger charge is -2.17. The molecule has 1 saturated carbocycles. The average molecular weight is 332 g/mol. The van der Waals surface area contributed by atoms with E-state index in [-0.39, 0.29) is 0 Å². The lowest BCUT2D eigenvalue weighted by atomic mass is 10.0. The van der Waals surface area contributed by atoms with Crippen molar-refractivity contribution in [2.24, 2.45) is 5.41 Å². The summed E-state index contributed by atoms with van der Waals surface area (Å²) >= 11 is 9.84. The molecule has 1 fully saturated rings. The molecule has 1 nitrogen and oxygen atoms in total. The first-order valence-corrected chi connectivity index (χ1v) is 7.96. The van der Waals surface area contributed by atoms with Crippen LogP contribution in [0.3, 0.4) is 0 Å². The Morgan fingerprint density at radius 3 is 2.56 bits per heavy atom. The fourth-order valence-electron chi connectivity index (χ4n) is 1.99. The third kappa shape index (κ3) is 3.03. The Balaban J connectivity index is 2.14. The molecule has 0 spiro atoms. The number of hydrogen-bond acceptors (Lipinski definition) is 1. The smallest absolute Gasteiger partial charge is 0.122 e. The number of alkyl halides is 1. The Morgan fingerprint density at radius 2 is 2.06 bits per heavy atom. The van der Waals surface area contributed by atoms with Crippen LogP contribution in [-0.2, 0) is 0 Å². The third-order valence-corrected chi connectivity index (χ3v) is 5.21. The molecule has 2 rings (SSSR count). The number of aryl methyl sites for hydroxylation is 1. The zero-order chi connectivity index (χ0) is 13.3. The second kappa shape index (κ2) is 5.42. The Labute approximate surface area is 123 Å². The summed E-state index contributed by atoms with van der Waals surface area (Å²) in [6.45, 7) is 7.17. The van der Waals surface area contributed by atoms with Crippen LogP contribution in [-0.4, -0.2) is 11.9 Å². The van der Waals surface area contributed by atoms with Crippen LogP contribution in [0.1, 0.15) is 43.7 Å². The molecule has 0 amide bonds. The van der Waals surface area contributed by atoms with Crippen molar-refractivity contribution in [3.63, 3.8) is 0 Å². The van der Waals surface area contributed by atoms with Crippen molar-refractivity contribution in [3.8, 4) is 5.75 Å². The maximum atomic E-state index is 6.26. The lowest BCUT2D eigenvalue weighted by Crippen LogP contribution is -2.15. The van der Waals surface area contributed by atoms with Crippen LogP contribution in [0.25, 0.3) is 0 Å². The first kappa shape index (κ1) is 14.2. The molecule has 1 aliphatic rings. The van der Waals surface area contributed by atoms with Gasteiger partial charge in [0.1, 0.15) is 5.75 Å². The normalized spacial score (nSPS) is 17.0. The molecule has 0 atom stereocenters. The van der Waals surface area contributed by atoms with E-state index in [0.717, 1.165) is 28.3 Å². The minimum atomic E-state index is 0.379. The van der Waals surface area contributed by atoms with E-state index in [1.165, 1.54) is 18.4 Å². The van der Waals surface area contributed by atoms with Crippen molar-refractivity contribution in [1.82, 2.24) is 0 Å². The van der Waals surface area contributed by atoms with Crippen molar-refractivity contribution in [2.45, 2.75) is 39.5 Å². The molecule has 0 heterocycles. The van der Waals surface area contributed by atoms with Crippen molar-refractivity contribution in [2.75, 3.05) is 11.9 Å². The highest BCUT2D eigenvalue weighted by Gasteiger charge is 2.42. The number of hydrogen-bond donors (Lipinski definition) is 0. The molecule has 1 aromatic carbocycles. The lowest BCUT2D eigenvalue weighted by molar-refractivity contribution is 0.249. The predicted octanol–water partition coefficient (Wildman–Crippen LogP) is 5.33. The van der Waals surface area contributed by atoms with Crippen LogP contribution < -0.4 is 4.74 Å². The summed E-state index contributed by atoms with van der Waals surface area (Å²) in [5.74, 6) is 1.40. The molecule has 0 saturated heterocycles. The van der Waals surface area contributed by atoms with Crippen molar-refractivity contribution in [1.29, 1.82) is 0 Å². The molecule has 0 aromatic heterocycles. The van der Waals surface area contributed by atoms with Gasteiger partial charge in [0, 0.05) is 15.8 Å². The largest absolute Gasteiger partial charge is 0.493 e. The van der Waals surface area contributed by atoms with E-state index in [4.69, 9.17) is 16.3 Å². The second-order valence-electron chi connectivity index (χ2n) is 5.72. The Kier molecular flexibility index (Phi) is 4.28. The zero-order valence-electron chi connectivity index (χ0n) is 11.2. The minimum absolute atomic E-state index is 0.379. The molecule has 18 heavy (non-hydrogen) atoms. The van der Waals surface area contributed by atoms with Gasteiger partial charge in [-0.15, -0.1) is 0 Å². The molecule has 0 N–H and O–H groups in total. The van der Waals surface area contributed by atoms with Crippen LogP contribution in [0.2, 0.25) is 5.02 Å². The standard InChI is InChI=1S/C15H20BrClO/c1-10(2)12-7-14(11(3)6-13(12)17)18-9-15(8-16)4-5-15/h6-7,10H,4-5,8-9H2,1-3H3. The van der Waals surface area contributed by atoms with E-state index in [0.29, 0.717) is 11.3 Å². The highest BCUT2D eigenvalue weighted by atomic mass is 79.9. The molecule has 100 valence electrons. The monoisotopic (exact) mass is 330 g/mol. The average Bonchev–Trinajstić information content (AvgIpc) is 3.08. The quantitative estimate of drug-likeness (QED) is 0.663. The van der Waals surface area contributed by atoms with Gasteiger partial charge in [0.2, 0.25) is 0 Å². The van der Waals surface area contributed by atoms with E-state index < -0.39 is 0 Å². The summed E-state index contributed by atoms with van der Waals surface area (Å²) in [6.07, 6.45) is 2.53. The minimum Gasteiger partial charge on any atom is -0.493 e. The molecular weight excluding hydrogens is 312 g/mol. The van der Waals surface area contributed by atoms with E-state index in [9.17, 15) is 0 Å². The second-order valence-corrected chi connectivity index (χ2v) is 6.68. The van der Waals surface area contributed by atoms with Crippen molar-refractivity contribution < 1.29 is 4.74 Å². The summed E-state index contributed by atoms with van der Waals surface area (Å²) < 4.78 is 6.01. The van der Waals surface area contributed by atoms with Crippen molar-refractivity contribution in [3.05, 3.63) is 28.3 Å². The van der Waals surface area contributed by atoms with Gasteiger partial charge >= 0.3 is 0 Å². The summed E-state index contributed by atoms with van der Waals surface area (Å²) in [5.41, 5.74) is 2.67. The molecular formula is C15H20BrClO. The third-order valence-electron chi connectivity index (χ3n) is 3.69. The molecule has 0 bridgehead atoms. The van der Waals surface area contributed by atoms with Gasteiger partial charge in [0.15, 0.2) is 0 Å². The summed E-state index contributed by atoms with van der Waals surface area (Å²) in [7, 11) is 0. The van der Waals surface area contributed by atoms with Crippen LogP contribution in [0.5, 0.6) is 5.75 Å². The summed E-state index contributed by atoms with van der Waals surface area (Å²) in [4.78, 5) is 0. The topological polar surface area (TPSA) is 9.23 Å². The molecule has 0 aliphatic heterocycles. The van der Waals surface area contributed by atoms with Crippen LogP contribution in [0.4, 0.5) is 0 Å². The van der Waals surface area contributed by atoms with Gasteiger partial charge in [-0.1, -0.05) is 41.4 Å². The first-order chi connectivity index (χ1) is 8.47. The maximum Gasteiger partial charge on any atom is 0.122 e. The fourth-order valence-corrected chi connectivity index (χ4v) is 3.15. The van der Waals surface area contributed by atoms with E-state index >= 15 is 0 Å². The van der Waals surface area contributed by atoms with Gasteiger partial charge in [-0.25, -0.2) is 0 Å². The van der Waals surface area contributed by atoms with E-state index in [2.05, 4.69) is 42.8 Å². The highest BCUT2D eigenvalue weighted by Crippen LogP contribution is 2.47. The van der Waals surface area contributed by atoms with Crippen molar-refractivity contribution >= 4 is 27.5 Å². The number of benzene rings is 1. The first-order valence-electron chi connectivity index (χ1n) is 6.46. The molecule has 1 aliphatic carbocycles. The maximum absolute atomic E-state index is 6.26. The van der Waals surface area contributed by atoms with E-state index in [1.54, 1.807) is 0 Å². The van der Waals surface area contributed by atoms with Gasteiger partial charge in [-0.3, -0.25) is 0 Å². The van der Waals surface area contributed by atoms with E-state index in [1.807, 2.05) is 6.07 Å². The summed E-state index contributed by atoms with van der Waals surface area (Å²) in [5, 5.41) is 1.88. The van der Waals surface area contributed by atoms with Gasteiger partial charge in [-0.2, -0.15) is 0 Å². The molecule has 1 aromatic rings. The van der Waals surface area contributed by atoms with Crippen LogP contribution in [0.15, 0.2) is 12.1 Å². The van der Waals surface area contributed by atoms with Crippen LogP contribution in [0, 0.1) is 12.3 Å². The van der Waals surface area contributed by atoms with Gasteiger partial charge < -0.3 is 4.74 Å². The number of rotatable bonds is 5. The zero-order valence-corrected chi connectivity index (χ0v) is 13.6. The Hall–Kier alpha value is -0.210. The van der Waals surface area contributed by atoms with Gasteiger partial charge in [0.05, 0.1) is 6.61 Å². The van der Waals surface area contributed by atoms with Gasteiger partial charge in [0.25, 0.3) is 0 Å². The Bertz CT molecular complexity index is 438. The highest BCUT2D eigenvalue weighted by molar-refractivity contribution is 9.09. The molecule has 0 unspecified atom stereocenters. The predicted molar refractivity (Wildman–Crippen MR) is 81.2 cm³/mol. The number of halogens is 2.